The Balaban J connectivity index is 2.13. The van der Waals surface area contributed by atoms with Gasteiger partial charge in [0.25, 0.3) is 0 Å². The zero-order valence-corrected chi connectivity index (χ0v) is 26.1. The van der Waals surface area contributed by atoms with Crippen LogP contribution in [0, 0.1) is 22.5 Å². The molecule has 0 N–H and O–H groups in total. The van der Waals surface area contributed by atoms with Gasteiger partial charge in [0.05, 0.1) is 0 Å². The van der Waals surface area contributed by atoms with E-state index in [9.17, 15) is 8.78 Å². The van der Waals surface area contributed by atoms with Crippen LogP contribution in [0.2, 0.25) is 0 Å². The third-order valence-corrected chi connectivity index (χ3v) is 19.6. The SMILES string of the molecule is CC1=C(C)C(C)(C)[C]([Zr]([O]c2cccc(F)c2)([O]c2cccc(F)c2)[C]2=C(C)C(C)=C(C)C2(C)C)=C1C. The molecule has 0 aromatic heterocycles. The number of benzene rings is 2. The molecule has 0 amide bonds. The Kier molecular flexibility index (Phi) is 7.12. The number of halogens is 2. The number of allylic oxidation sites excluding steroid dienone is 8. The molecule has 0 bridgehead atoms. The Labute approximate surface area is 226 Å². The molecule has 2 nitrogen and oxygen atoms in total. The van der Waals surface area contributed by atoms with E-state index in [1.54, 1.807) is 24.3 Å². The van der Waals surface area contributed by atoms with Crippen LogP contribution in [-0.2, 0) is 21.1 Å². The van der Waals surface area contributed by atoms with Crippen molar-refractivity contribution in [1.29, 1.82) is 0 Å². The molecule has 4 rings (SSSR count). The molecule has 2 aromatic rings. The third-order valence-electron chi connectivity index (χ3n) is 8.90. The van der Waals surface area contributed by atoms with Crippen LogP contribution in [0.4, 0.5) is 8.78 Å². The number of hydrogen-bond acceptors (Lipinski definition) is 2. The first-order chi connectivity index (χ1) is 17.1. The average Bonchev–Trinajstić information content (AvgIpc) is 3.06. The van der Waals surface area contributed by atoms with Crippen LogP contribution in [0.5, 0.6) is 11.5 Å². The molecule has 0 saturated carbocycles. The second-order valence-electron chi connectivity index (χ2n) is 11.5. The summed E-state index contributed by atoms with van der Waals surface area (Å²) in [5.41, 5.74) is 6.60. The molecule has 0 radical (unpaired) electrons. The summed E-state index contributed by atoms with van der Waals surface area (Å²) in [6.45, 7) is 21.8. The van der Waals surface area contributed by atoms with Crippen LogP contribution in [0.25, 0.3) is 0 Å². The van der Waals surface area contributed by atoms with E-state index < -0.39 is 21.1 Å². The number of hydrogen-bond donors (Lipinski definition) is 0. The molecular weight excluding hydrogens is 546 g/mol. The van der Waals surface area contributed by atoms with Gasteiger partial charge in [0.1, 0.15) is 0 Å². The summed E-state index contributed by atoms with van der Waals surface area (Å²) >= 11 is -4.81. The second-order valence-corrected chi connectivity index (χ2v) is 18.0. The van der Waals surface area contributed by atoms with Crippen LogP contribution in [-0.4, -0.2) is 0 Å². The Bertz CT molecular complexity index is 1300. The second kappa shape index (κ2) is 9.49. The van der Waals surface area contributed by atoms with Crippen LogP contribution < -0.4 is 5.63 Å². The summed E-state index contributed by atoms with van der Waals surface area (Å²) in [7, 11) is 0. The molecule has 0 unspecified atom stereocenters. The van der Waals surface area contributed by atoms with Gasteiger partial charge in [0, 0.05) is 0 Å². The van der Waals surface area contributed by atoms with Gasteiger partial charge in [-0.05, 0) is 0 Å². The zero-order chi connectivity index (χ0) is 27.5. The summed E-state index contributed by atoms with van der Waals surface area (Å²) in [5.74, 6) is 0.131. The summed E-state index contributed by atoms with van der Waals surface area (Å²) in [6, 6.07) is 12.6. The molecule has 0 spiro atoms. The van der Waals surface area contributed by atoms with Crippen LogP contribution in [0.3, 0.4) is 0 Å². The van der Waals surface area contributed by atoms with E-state index in [-0.39, 0.29) is 22.5 Å². The van der Waals surface area contributed by atoms with E-state index in [2.05, 4.69) is 69.2 Å². The van der Waals surface area contributed by atoms with Crippen LogP contribution in [0.1, 0.15) is 69.2 Å². The van der Waals surface area contributed by atoms with Crippen molar-refractivity contribution in [3.8, 4) is 11.5 Å². The first-order valence-corrected chi connectivity index (χ1v) is 17.3. The van der Waals surface area contributed by atoms with Gasteiger partial charge in [0.15, 0.2) is 0 Å². The maximum atomic E-state index is 14.5. The van der Waals surface area contributed by atoms with Gasteiger partial charge < -0.3 is 0 Å². The van der Waals surface area contributed by atoms with E-state index in [0.29, 0.717) is 11.5 Å². The van der Waals surface area contributed by atoms with Gasteiger partial charge in [-0.3, -0.25) is 0 Å². The summed E-state index contributed by atoms with van der Waals surface area (Å²) in [4.78, 5) is 0. The van der Waals surface area contributed by atoms with Crippen molar-refractivity contribution in [2.45, 2.75) is 69.2 Å². The van der Waals surface area contributed by atoms with Gasteiger partial charge in [0.2, 0.25) is 0 Å². The minimum atomic E-state index is -4.81. The predicted molar refractivity (Wildman–Crippen MR) is 144 cm³/mol. The topological polar surface area (TPSA) is 18.5 Å². The van der Waals surface area contributed by atoms with Gasteiger partial charge >= 0.3 is 227 Å². The van der Waals surface area contributed by atoms with E-state index >= 15 is 0 Å². The first kappa shape index (κ1) is 27.8. The maximum absolute atomic E-state index is 14.5. The summed E-state index contributed by atoms with van der Waals surface area (Å²) in [5, 5.41) is 0. The van der Waals surface area contributed by atoms with Gasteiger partial charge in [-0.2, -0.15) is 0 Å². The molecule has 2 aromatic carbocycles. The zero-order valence-electron chi connectivity index (χ0n) is 23.7. The van der Waals surface area contributed by atoms with Crippen molar-refractivity contribution in [3.63, 3.8) is 0 Å². The Morgan fingerprint density at radius 3 is 1.19 bits per heavy atom. The molecule has 37 heavy (non-hydrogen) atoms. The molecule has 5 heteroatoms. The minimum absolute atomic E-state index is 0.349. The fraction of sp³-hybridized carbons (Fsp3) is 0.375. The van der Waals surface area contributed by atoms with Gasteiger partial charge in [-0.15, -0.1) is 0 Å². The average molecular weight is 584 g/mol. The fourth-order valence-corrected chi connectivity index (χ4v) is 18.5. The van der Waals surface area contributed by atoms with Crippen LogP contribution in [0.15, 0.2) is 88.5 Å². The fourth-order valence-electron chi connectivity index (χ4n) is 6.25. The van der Waals surface area contributed by atoms with Gasteiger partial charge in [-0.25, -0.2) is 0 Å². The quantitative estimate of drug-likeness (QED) is 0.337. The molecule has 2 aliphatic rings. The van der Waals surface area contributed by atoms with Crippen molar-refractivity contribution in [2.75, 3.05) is 0 Å². The normalized spacial score (nSPS) is 19.4. The molecule has 0 aliphatic heterocycles. The van der Waals surface area contributed by atoms with Crippen molar-refractivity contribution < 1.29 is 35.6 Å². The third kappa shape index (κ3) is 4.42. The molecule has 0 fully saturated rings. The predicted octanol–water partition coefficient (Wildman–Crippen LogP) is 9.71. The van der Waals surface area contributed by atoms with Crippen molar-refractivity contribution >= 4 is 0 Å². The van der Waals surface area contributed by atoms with Gasteiger partial charge in [-0.1, -0.05) is 0 Å². The Hall–Kier alpha value is -2.26. The monoisotopic (exact) mass is 582 g/mol. The van der Waals surface area contributed by atoms with Crippen molar-refractivity contribution in [2.24, 2.45) is 10.8 Å². The van der Waals surface area contributed by atoms with E-state index in [1.807, 2.05) is 0 Å². The Morgan fingerprint density at radius 1 is 0.568 bits per heavy atom. The Morgan fingerprint density at radius 2 is 0.919 bits per heavy atom. The molecule has 196 valence electrons. The van der Waals surface area contributed by atoms with E-state index in [0.717, 1.165) is 17.7 Å². The summed E-state index contributed by atoms with van der Waals surface area (Å²) in [6.07, 6.45) is 0. The van der Waals surface area contributed by atoms with E-state index in [4.69, 9.17) is 5.63 Å². The first-order valence-electron chi connectivity index (χ1n) is 12.8. The van der Waals surface area contributed by atoms with E-state index in [1.165, 1.54) is 46.6 Å². The molecule has 0 heterocycles. The standard InChI is InChI=1S/2C10H15.2C6H5FO.Zr/c2*1-7-6-10(4,5)9(3)8(7)2;2*7-5-2-1-3-6(8)4-5;/h2*1-5H3;2*1-4,8H;/q;;;;+2/p-2. The molecule has 0 atom stereocenters. The van der Waals surface area contributed by atoms with Crippen LogP contribution >= 0.6 is 0 Å². The van der Waals surface area contributed by atoms with Crippen molar-refractivity contribution in [3.05, 3.63) is 100 Å². The number of rotatable bonds is 6. The molecule has 2 aliphatic carbocycles. The van der Waals surface area contributed by atoms with Crippen molar-refractivity contribution in [1.82, 2.24) is 0 Å². The molecular formula is C32H38F2O2Zr. The summed E-state index contributed by atoms with van der Waals surface area (Å²) < 4.78 is 45.6. The molecule has 0 saturated heterocycles.